The molecule has 0 aliphatic rings. The third-order valence-corrected chi connectivity index (χ3v) is 11.3. The molecule has 1 aromatic heterocycles. The highest BCUT2D eigenvalue weighted by molar-refractivity contribution is 7.94. The Morgan fingerprint density at radius 2 is 1.35 bits per heavy atom. The molecule has 0 saturated heterocycles. The van der Waals surface area contributed by atoms with E-state index >= 15 is 0 Å². The first-order valence-corrected chi connectivity index (χ1v) is 22.0. The van der Waals surface area contributed by atoms with E-state index in [0.29, 0.717) is 34.5 Å². The van der Waals surface area contributed by atoms with Gasteiger partial charge in [-0.1, -0.05) is 16.1 Å². The minimum absolute atomic E-state index is 0.0367. The molecule has 0 fully saturated rings. The number of nitrogens with zero attached hydrogens (tertiary/aromatic N) is 7. The first-order valence-electron chi connectivity index (χ1n) is 19.1. The molecule has 0 radical (unpaired) electrons. The molecule has 1 heterocycles. The van der Waals surface area contributed by atoms with Gasteiger partial charge in [-0.15, -0.1) is 39.4 Å². The normalized spacial score (nSPS) is 11.9. The van der Waals surface area contributed by atoms with Crippen LogP contribution in [0.15, 0.2) is 117 Å². The Hall–Kier alpha value is -7.07. The van der Waals surface area contributed by atoms with Crippen molar-refractivity contribution >= 4 is 85.1 Å². The number of H-pyrrole nitrogens is 1. The molecule has 0 aliphatic carbocycles. The van der Waals surface area contributed by atoms with Gasteiger partial charge < -0.3 is 39.4 Å². The van der Waals surface area contributed by atoms with Gasteiger partial charge in [-0.3, -0.25) is 14.4 Å². The zero-order valence-electron chi connectivity index (χ0n) is 35.6. The van der Waals surface area contributed by atoms with Crippen LogP contribution in [0.25, 0.3) is 16.5 Å². The fourth-order valence-corrected chi connectivity index (χ4v) is 7.64. The summed E-state index contributed by atoms with van der Waals surface area (Å²) >= 11 is 1.12. The Balaban J connectivity index is 1.52. The van der Waals surface area contributed by atoms with Crippen LogP contribution in [0.3, 0.4) is 0 Å². The van der Waals surface area contributed by atoms with Crippen molar-refractivity contribution in [1.82, 2.24) is 9.78 Å². The maximum atomic E-state index is 14.3. The van der Waals surface area contributed by atoms with Crippen LogP contribution in [-0.4, -0.2) is 100 Å². The first kappa shape index (κ1) is 51.3. The number of benzene rings is 5. The largest absolute Gasteiger partial charge is 0.506 e. The second-order valence-corrected chi connectivity index (χ2v) is 16.2. The summed E-state index contributed by atoms with van der Waals surface area (Å²) in [5.74, 6) is -2.21. The number of phenolic OH excluding ortho intramolecular Hbond substituents is 1. The highest BCUT2D eigenvalue weighted by Gasteiger charge is 2.25. The van der Waals surface area contributed by atoms with Gasteiger partial charge in [0.2, 0.25) is 0 Å². The number of carboxylic acids is 1. The summed E-state index contributed by atoms with van der Waals surface area (Å²) in [6.07, 6.45) is 0. The summed E-state index contributed by atoms with van der Waals surface area (Å²) < 4.78 is 66.0. The van der Waals surface area contributed by atoms with Gasteiger partial charge in [-0.2, -0.15) is 8.42 Å². The van der Waals surface area contributed by atoms with Crippen LogP contribution in [-0.2, 0) is 28.9 Å². The number of carboxylic acid groups (broad SMARTS) is 1. The number of ether oxygens (including phenoxy) is 4. The molecule has 0 amide bonds. The Kier molecular flexibility index (Phi) is 17.3. The number of methoxy groups -OCH3 is 2. The number of aromatic amines is 1. The average Bonchev–Trinajstić information content (AvgIpc) is 3.67. The van der Waals surface area contributed by atoms with Crippen molar-refractivity contribution in [3.63, 3.8) is 0 Å². The second-order valence-electron chi connectivity index (χ2n) is 13.3. The quantitative estimate of drug-likeness (QED) is 0.00986. The number of phenols is 1. The Morgan fingerprint density at radius 3 is 1.94 bits per heavy atom. The number of aromatic hydroxyl groups is 1. The van der Waals surface area contributed by atoms with Crippen LogP contribution in [0.4, 0.5) is 34.1 Å². The van der Waals surface area contributed by atoms with Crippen LogP contribution in [0, 0.1) is 6.92 Å². The number of aliphatic hydroxyl groups is 2. The van der Waals surface area contributed by atoms with Crippen LogP contribution in [0.1, 0.15) is 16.1 Å². The molecule has 5 aromatic carbocycles. The van der Waals surface area contributed by atoms with Crippen molar-refractivity contribution < 1.29 is 86.4 Å². The zero-order valence-corrected chi connectivity index (χ0v) is 38.0. The minimum Gasteiger partial charge on any atom is -0.506 e. The molecule has 6 aromatic rings. The van der Waals surface area contributed by atoms with Crippen LogP contribution in [0.5, 0.6) is 28.7 Å². The zero-order chi connectivity index (χ0) is 49.8. The minimum atomic E-state index is -4.82. The van der Waals surface area contributed by atoms with Gasteiger partial charge in [0.05, 0.1) is 57.2 Å². The number of nitrogens with one attached hydrogen (secondary N) is 1. The Labute approximate surface area is 395 Å². The van der Waals surface area contributed by atoms with E-state index in [2.05, 4.69) is 54.5 Å². The number of aryl methyl sites for hydroxylation is 1. The standard InChI is InChI=1S/C39H36N8O19S3/c1-19-12-24(29(60-3)18-32(19)68-66-64-55)42-45-36-37(39(52)53)46-47(38(36)51)27-15-22(67-65-63-54)13-20-4-7-28(50)35(34(20)27)44-43-26-17-30(61-10-8-48)25(16-31(26)62-11-9-49)41-40-23-6-5-21(59-2)14-33(23)69(56,57)58/h4-7,12-18,46,48-50,54-55H,8-11H2,1-3H3,(H,52,53)(H,56,57,58). The number of hydrogen-bond acceptors (Lipinski definition) is 25. The van der Waals surface area contributed by atoms with Crippen molar-refractivity contribution in [1.29, 1.82) is 0 Å². The van der Waals surface area contributed by atoms with E-state index < -0.39 is 56.9 Å². The lowest BCUT2D eigenvalue weighted by Crippen LogP contribution is -2.14. The number of rotatable bonds is 23. The van der Waals surface area contributed by atoms with E-state index in [-0.39, 0.29) is 86.0 Å². The highest BCUT2D eigenvalue weighted by atomic mass is 32.2. The number of azo groups is 3. The van der Waals surface area contributed by atoms with Gasteiger partial charge in [-0.25, -0.2) is 20.0 Å². The number of aromatic nitrogens is 2. The van der Waals surface area contributed by atoms with E-state index in [1.54, 1.807) is 6.92 Å². The molecule has 27 nitrogen and oxygen atoms in total. The number of fused-ring (bicyclic) bond motifs is 1. The molecule has 0 unspecified atom stereocenters. The number of aromatic carboxylic acids is 1. The summed E-state index contributed by atoms with van der Waals surface area (Å²) in [6.45, 7) is 0.0723. The van der Waals surface area contributed by atoms with Crippen molar-refractivity contribution in [2.45, 2.75) is 21.6 Å². The van der Waals surface area contributed by atoms with Crippen molar-refractivity contribution in [2.24, 2.45) is 30.7 Å². The molecule has 0 saturated carbocycles. The molecule has 0 bridgehead atoms. The smallest absolute Gasteiger partial charge is 0.356 e. The van der Waals surface area contributed by atoms with Crippen molar-refractivity contribution in [3.05, 3.63) is 88.3 Å². The van der Waals surface area contributed by atoms with E-state index in [9.17, 15) is 43.0 Å². The number of hydrogen-bond donors (Lipinski definition) is 8. The molecular formula is C39H36N8O19S3. The Bertz CT molecular complexity index is 3130. The summed E-state index contributed by atoms with van der Waals surface area (Å²) in [4.78, 5) is 26.8. The number of carbonyl (C=O) groups is 1. The predicted octanol–water partition coefficient (Wildman–Crippen LogP) is 8.14. The van der Waals surface area contributed by atoms with Crippen LogP contribution in [0.2, 0.25) is 0 Å². The highest BCUT2D eigenvalue weighted by Crippen LogP contribution is 2.45. The van der Waals surface area contributed by atoms with Crippen molar-refractivity contribution in [2.75, 3.05) is 40.6 Å². The summed E-state index contributed by atoms with van der Waals surface area (Å²) in [6, 6.07) is 14.4. The van der Waals surface area contributed by atoms with Gasteiger partial charge in [0.15, 0.2) is 11.4 Å². The lowest BCUT2D eigenvalue weighted by Gasteiger charge is -2.14. The summed E-state index contributed by atoms with van der Waals surface area (Å²) in [7, 11) is -2.23. The molecule has 0 spiro atoms. The molecule has 0 aliphatic heterocycles. The van der Waals surface area contributed by atoms with Gasteiger partial charge >= 0.3 is 5.97 Å². The maximum Gasteiger partial charge on any atom is 0.356 e. The van der Waals surface area contributed by atoms with E-state index in [1.807, 2.05) is 0 Å². The van der Waals surface area contributed by atoms with Crippen LogP contribution >= 0.6 is 24.1 Å². The van der Waals surface area contributed by atoms with E-state index in [0.717, 1.165) is 10.7 Å². The summed E-state index contributed by atoms with van der Waals surface area (Å²) in [5.41, 5.74) is -2.99. The third-order valence-electron chi connectivity index (χ3n) is 9.10. The van der Waals surface area contributed by atoms with Gasteiger partial charge in [0.25, 0.3) is 15.7 Å². The topological polar surface area (TPSA) is 379 Å². The third kappa shape index (κ3) is 12.2. The van der Waals surface area contributed by atoms with E-state index in [4.69, 9.17) is 29.5 Å². The SMILES string of the molecule is COc1ccc(N=Nc2cc(OCCO)c(N=Nc3c(O)ccc4cc(SOOO)cc(-n5[nH]c(C(=O)O)c(N=Nc6cc(C)c(SOOO)cc6OC)c5=O)c34)cc2OCCO)c(S(=O)(=O)O)c1. The van der Waals surface area contributed by atoms with Gasteiger partial charge in [-0.05, 0) is 60.3 Å². The monoisotopic (exact) mass is 1020 g/mol. The molecular weight excluding hydrogens is 981 g/mol. The van der Waals surface area contributed by atoms with E-state index in [1.165, 1.54) is 74.9 Å². The molecule has 364 valence electrons. The molecule has 30 heteroatoms. The average molecular weight is 1020 g/mol. The molecule has 0 atom stereocenters. The fourth-order valence-electron chi connectivity index (χ4n) is 6.11. The van der Waals surface area contributed by atoms with Crippen LogP contribution < -0.4 is 24.5 Å². The lowest BCUT2D eigenvalue weighted by atomic mass is 10.1. The van der Waals surface area contributed by atoms with Crippen molar-refractivity contribution in [3.8, 4) is 34.4 Å². The molecule has 8 N–H and O–H groups in total. The molecule has 69 heavy (non-hydrogen) atoms. The second kappa shape index (κ2) is 23.3. The summed E-state index contributed by atoms with van der Waals surface area (Å²) in [5, 5.41) is 93.2. The Morgan fingerprint density at radius 1 is 0.739 bits per heavy atom. The predicted molar refractivity (Wildman–Crippen MR) is 239 cm³/mol. The van der Waals surface area contributed by atoms with Gasteiger partial charge in [0, 0.05) is 33.4 Å². The molecule has 6 rings (SSSR count). The number of aliphatic hydroxyl groups excluding tert-OH is 2. The lowest BCUT2D eigenvalue weighted by molar-refractivity contribution is -0.432. The first-order chi connectivity index (χ1) is 33.1. The maximum absolute atomic E-state index is 14.3. The van der Waals surface area contributed by atoms with Gasteiger partial charge in [0.1, 0.15) is 75.3 Å². The fraction of sp³-hybridized carbons (Fsp3) is 0.179.